The predicted octanol–water partition coefficient (Wildman–Crippen LogP) is 6.57. The minimum atomic E-state index is -0.000942. The summed E-state index contributed by atoms with van der Waals surface area (Å²) in [6, 6.07) is 32.6. The zero-order valence-electron chi connectivity index (χ0n) is 14.8. The third-order valence-electron chi connectivity index (χ3n) is 5.06. The number of allylic oxidation sites excluding steroid dienone is 1. The lowest BCUT2D eigenvalue weighted by Crippen LogP contribution is -2.27. The second kappa shape index (κ2) is 8.48. The van der Waals surface area contributed by atoms with Gasteiger partial charge in [-0.3, -0.25) is 0 Å². The van der Waals surface area contributed by atoms with Gasteiger partial charge in [0.2, 0.25) is 0 Å². The maximum Gasteiger partial charge on any atom is 0.0237 e. The van der Waals surface area contributed by atoms with Crippen molar-refractivity contribution in [3.8, 4) is 0 Å². The van der Waals surface area contributed by atoms with Crippen molar-refractivity contribution in [3.05, 3.63) is 120 Å². The van der Waals surface area contributed by atoms with Crippen LogP contribution in [-0.2, 0) is 11.8 Å². The third-order valence-corrected chi connectivity index (χ3v) is 5.06. The normalized spacial score (nSPS) is 11.2. The molecule has 0 aliphatic heterocycles. The lowest BCUT2D eigenvalue weighted by Gasteiger charge is -2.35. The second-order valence-electron chi connectivity index (χ2n) is 6.65. The van der Waals surface area contributed by atoms with E-state index in [2.05, 4.69) is 104 Å². The van der Waals surface area contributed by atoms with Gasteiger partial charge < -0.3 is 0 Å². The van der Waals surface area contributed by atoms with E-state index in [1.165, 1.54) is 16.7 Å². The van der Waals surface area contributed by atoms with E-state index < -0.39 is 0 Å². The molecule has 3 aromatic carbocycles. The number of hydrogen-bond acceptors (Lipinski definition) is 0. The van der Waals surface area contributed by atoms with Crippen molar-refractivity contribution in [2.24, 2.45) is 0 Å². The van der Waals surface area contributed by atoms with Crippen LogP contribution in [0.25, 0.3) is 0 Å². The highest BCUT2D eigenvalue weighted by Crippen LogP contribution is 2.40. The smallest absolute Gasteiger partial charge is 0.0237 e. The first-order valence-corrected chi connectivity index (χ1v) is 9.11. The summed E-state index contributed by atoms with van der Waals surface area (Å²) in [6.07, 6.45) is 6.40. The standard InChI is InChI=1S/C25H26/c1-2-20-25(23-16-8-4-9-17-23,24-18-10-5-11-19-24)21-12-15-22-13-6-3-7-14-22/h2-11,13-14,16-19H,1,12,15,20-21H2. The zero-order valence-corrected chi connectivity index (χ0v) is 14.8. The summed E-state index contributed by atoms with van der Waals surface area (Å²) in [4.78, 5) is 0. The fraction of sp³-hybridized carbons (Fsp3) is 0.200. The first-order valence-electron chi connectivity index (χ1n) is 9.11. The molecule has 25 heavy (non-hydrogen) atoms. The molecule has 0 aromatic heterocycles. The number of rotatable bonds is 8. The van der Waals surface area contributed by atoms with Crippen LogP contribution in [-0.4, -0.2) is 0 Å². The van der Waals surface area contributed by atoms with Crippen LogP contribution in [0.15, 0.2) is 104 Å². The van der Waals surface area contributed by atoms with Gasteiger partial charge in [0.15, 0.2) is 0 Å². The van der Waals surface area contributed by atoms with Crippen molar-refractivity contribution >= 4 is 0 Å². The Kier molecular flexibility index (Phi) is 5.85. The Balaban J connectivity index is 1.91. The van der Waals surface area contributed by atoms with Crippen LogP contribution in [0.4, 0.5) is 0 Å². The largest absolute Gasteiger partial charge is 0.103 e. The number of hydrogen-bond donors (Lipinski definition) is 0. The molecule has 0 unspecified atom stereocenters. The molecule has 0 fully saturated rings. The molecule has 0 amide bonds. The average Bonchev–Trinajstić information content (AvgIpc) is 2.69. The molecule has 0 nitrogen and oxygen atoms in total. The SMILES string of the molecule is C=CCC(CCCc1ccccc1)(c1ccccc1)c1ccccc1. The van der Waals surface area contributed by atoms with Gasteiger partial charge in [0.25, 0.3) is 0 Å². The van der Waals surface area contributed by atoms with Gasteiger partial charge in [0.05, 0.1) is 0 Å². The van der Waals surface area contributed by atoms with Gasteiger partial charge in [-0.15, -0.1) is 6.58 Å². The molecule has 0 saturated carbocycles. The Morgan fingerprint density at radius 3 is 1.64 bits per heavy atom. The van der Waals surface area contributed by atoms with Crippen LogP contribution >= 0.6 is 0 Å². The van der Waals surface area contributed by atoms with Crippen molar-refractivity contribution in [1.29, 1.82) is 0 Å². The minimum absolute atomic E-state index is 0.000942. The van der Waals surface area contributed by atoms with Crippen molar-refractivity contribution in [3.63, 3.8) is 0 Å². The first kappa shape index (κ1) is 17.2. The molecule has 126 valence electrons. The molecule has 0 N–H and O–H groups in total. The van der Waals surface area contributed by atoms with E-state index in [0.717, 1.165) is 25.7 Å². The summed E-state index contributed by atoms with van der Waals surface area (Å²) in [5.41, 5.74) is 4.18. The van der Waals surface area contributed by atoms with Crippen LogP contribution in [0.2, 0.25) is 0 Å². The molecular formula is C25H26. The van der Waals surface area contributed by atoms with E-state index in [1.54, 1.807) is 0 Å². The van der Waals surface area contributed by atoms with Crippen molar-refractivity contribution in [2.45, 2.75) is 31.1 Å². The van der Waals surface area contributed by atoms with E-state index in [4.69, 9.17) is 0 Å². The Morgan fingerprint density at radius 2 is 1.16 bits per heavy atom. The van der Waals surface area contributed by atoms with Gasteiger partial charge >= 0.3 is 0 Å². The lowest BCUT2D eigenvalue weighted by molar-refractivity contribution is 0.459. The topological polar surface area (TPSA) is 0 Å². The minimum Gasteiger partial charge on any atom is -0.103 e. The van der Waals surface area contributed by atoms with Crippen LogP contribution in [0, 0.1) is 0 Å². The van der Waals surface area contributed by atoms with Gasteiger partial charge in [-0.2, -0.15) is 0 Å². The molecule has 0 heterocycles. The van der Waals surface area contributed by atoms with Crippen LogP contribution < -0.4 is 0 Å². The second-order valence-corrected chi connectivity index (χ2v) is 6.65. The van der Waals surface area contributed by atoms with Crippen LogP contribution in [0.3, 0.4) is 0 Å². The van der Waals surface area contributed by atoms with E-state index in [0.29, 0.717) is 0 Å². The molecule has 0 aliphatic carbocycles. The molecule has 0 heteroatoms. The van der Waals surface area contributed by atoms with Crippen LogP contribution in [0.5, 0.6) is 0 Å². The van der Waals surface area contributed by atoms with E-state index in [-0.39, 0.29) is 5.41 Å². The molecular weight excluding hydrogens is 300 g/mol. The number of aryl methyl sites for hydroxylation is 1. The zero-order chi connectivity index (χ0) is 17.4. The van der Waals surface area contributed by atoms with Gasteiger partial charge in [-0.05, 0) is 42.4 Å². The monoisotopic (exact) mass is 326 g/mol. The van der Waals surface area contributed by atoms with E-state index >= 15 is 0 Å². The summed E-state index contributed by atoms with van der Waals surface area (Å²) >= 11 is 0. The predicted molar refractivity (Wildman–Crippen MR) is 108 cm³/mol. The maximum atomic E-state index is 4.06. The van der Waals surface area contributed by atoms with Crippen molar-refractivity contribution < 1.29 is 0 Å². The molecule has 0 bridgehead atoms. The van der Waals surface area contributed by atoms with Crippen LogP contribution in [0.1, 0.15) is 36.0 Å². The molecule has 0 saturated heterocycles. The molecule has 0 aliphatic rings. The van der Waals surface area contributed by atoms with Gasteiger partial charge in [-0.1, -0.05) is 97.1 Å². The Bertz CT molecular complexity index is 717. The van der Waals surface area contributed by atoms with Gasteiger partial charge in [0, 0.05) is 5.41 Å². The summed E-state index contributed by atoms with van der Waals surface area (Å²) < 4.78 is 0. The molecule has 0 atom stereocenters. The molecule has 3 aromatic rings. The van der Waals surface area contributed by atoms with E-state index in [9.17, 15) is 0 Å². The summed E-state index contributed by atoms with van der Waals surface area (Å²) in [5.74, 6) is 0. The Morgan fingerprint density at radius 1 is 0.680 bits per heavy atom. The Labute approximate surface area is 151 Å². The Hall–Kier alpha value is -2.60. The third kappa shape index (κ3) is 4.09. The lowest BCUT2D eigenvalue weighted by atomic mass is 9.69. The maximum absolute atomic E-state index is 4.06. The van der Waals surface area contributed by atoms with E-state index in [1.807, 2.05) is 0 Å². The van der Waals surface area contributed by atoms with Gasteiger partial charge in [-0.25, -0.2) is 0 Å². The average molecular weight is 326 g/mol. The van der Waals surface area contributed by atoms with Crippen molar-refractivity contribution in [1.82, 2.24) is 0 Å². The highest BCUT2D eigenvalue weighted by Gasteiger charge is 2.32. The summed E-state index contributed by atoms with van der Waals surface area (Å²) in [7, 11) is 0. The summed E-state index contributed by atoms with van der Waals surface area (Å²) in [6.45, 7) is 4.06. The highest BCUT2D eigenvalue weighted by atomic mass is 14.3. The quantitative estimate of drug-likeness (QED) is 0.411. The molecule has 0 radical (unpaired) electrons. The number of benzene rings is 3. The van der Waals surface area contributed by atoms with Crippen molar-refractivity contribution in [2.75, 3.05) is 0 Å². The summed E-state index contributed by atoms with van der Waals surface area (Å²) in [5, 5.41) is 0. The molecule has 0 spiro atoms. The molecule has 3 rings (SSSR count). The first-order chi connectivity index (χ1) is 12.3. The fourth-order valence-corrected chi connectivity index (χ4v) is 3.79. The fourth-order valence-electron chi connectivity index (χ4n) is 3.79. The van der Waals surface area contributed by atoms with Gasteiger partial charge in [0.1, 0.15) is 0 Å². The highest BCUT2D eigenvalue weighted by molar-refractivity contribution is 5.40.